The van der Waals surface area contributed by atoms with Crippen LogP contribution in [0.15, 0.2) is 6.07 Å². The lowest BCUT2D eigenvalue weighted by Crippen LogP contribution is -2.19. The highest BCUT2D eigenvalue weighted by Gasteiger charge is 2.32. The first-order chi connectivity index (χ1) is 6.83. The summed E-state index contributed by atoms with van der Waals surface area (Å²) in [5.74, 6) is -0.438. The van der Waals surface area contributed by atoms with Crippen molar-refractivity contribution < 1.29 is 17.9 Å². The monoisotopic (exact) mass is 221 g/mol. The zero-order valence-electron chi connectivity index (χ0n) is 7.93. The van der Waals surface area contributed by atoms with Crippen LogP contribution < -0.4 is 16.2 Å². The first-order valence-corrected chi connectivity index (χ1v) is 4.05. The van der Waals surface area contributed by atoms with Crippen LogP contribution in [0.25, 0.3) is 0 Å². The van der Waals surface area contributed by atoms with Crippen LogP contribution in [0, 0.1) is 6.92 Å². The van der Waals surface area contributed by atoms with Gasteiger partial charge in [0.25, 0.3) is 0 Å². The summed E-state index contributed by atoms with van der Waals surface area (Å²) in [6.07, 6.45) is -4.76. The van der Waals surface area contributed by atoms with Crippen molar-refractivity contribution in [3.8, 4) is 5.75 Å². The van der Waals surface area contributed by atoms with Crippen LogP contribution in [0.3, 0.4) is 0 Å². The molecule has 4 N–H and O–H groups in total. The number of nitrogen functional groups attached to an aromatic ring is 1. The van der Waals surface area contributed by atoms with Gasteiger partial charge in [-0.05, 0) is 6.92 Å². The molecule has 0 amide bonds. The van der Waals surface area contributed by atoms with E-state index in [1.165, 1.54) is 6.92 Å². The Morgan fingerprint density at radius 1 is 1.47 bits per heavy atom. The minimum atomic E-state index is -4.76. The lowest BCUT2D eigenvalue weighted by atomic mass is 10.2. The number of anilines is 1. The minimum absolute atomic E-state index is 0.0447. The summed E-state index contributed by atoms with van der Waals surface area (Å²) >= 11 is 0. The van der Waals surface area contributed by atoms with Crippen LogP contribution >= 0.6 is 0 Å². The normalized spacial score (nSPS) is 11.5. The quantitative estimate of drug-likeness (QED) is 0.790. The highest BCUT2D eigenvalue weighted by Crippen LogP contribution is 2.29. The highest BCUT2D eigenvalue weighted by atomic mass is 19.4. The Bertz CT molecular complexity index is 365. The molecule has 0 aliphatic carbocycles. The van der Waals surface area contributed by atoms with Gasteiger partial charge >= 0.3 is 6.36 Å². The number of ether oxygens (including phenoxy) is 1. The molecule has 0 saturated carbocycles. The molecule has 0 fully saturated rings. The Kier molecular flexibility index (Phi) is 3.04. The largest absolute Gasteiger partial charge is 0.573 e. The summed E-state index contributed by atoms with van der Waals surface area (Å²) in [6.45, 7) is 1.35. The maximum Gasteiger partial charge on any atom is 0.573 e. The molecule has 15 heavy (non-hydrogen) atoms. The Hall–Kier alpha value is -1.50. The fourth-order valence-electron chi connectivity index (χ4n) is 1.11. The summed E-state index contributed by atoms with van der Waals surface area (Å²) in [5, 5.41) is 0. The van der Waals surface area contributed by atoms with E-state index in [9.17, 15) is 13.2 Å². The summed E-state index contributed by atoms with van der Waals surface area (Å²) in [4.78, 5) is 3.79. The lowest BCUT2D eigenvalue weighted by molar-refractivity contribution is -0.274. The molecule has 1 heterocycles. The molecule has 0 radical (unpaired) electrons. The van der Waals surface area contributed by atoms with Gasteiger partial charge in [0.05, 0.1) is 5.56 Å². The Labute approximate surface area is 84.0 Å². The third kappa shape index (κ3) is 2.98. The molecule has 0 aromatic carbocycles. The molecule has 0 saturated heterocycles. The Morgan fingerprint density at radius 2 is 2.07 bits per heavy atom. The topological polar surface area (TPSA) is 74.2 Å². The molecule has 0 unspecified atom stereocenters. The summed E-state index contributed by atoms with van der Waals surface area (Å²) in [6, 6.07) is 1.14. The average Bonchev–Trinajstić information content (AvgIpc) is 1.99. The third-order valence-electron chi connectivity index (χ3n) is 1.67. The van der Waals surface area contributed by atoms with Crippen LogP contribution in [0.5, 0.6) is 5.75 Å². The van der Waals surface area contributed by atoms with Gasteiger partial charge in [-0.2, -0.15) is 0 Å². The van der Waals surface area contributed by atoms with E-state index >= 15 is 0 Å². The first kappa shape index (κ1) is 11.6. The van der Waals surface area contributed by atoms with Crippen LogP contribution in [0.2, 0.25) is 0 Å². The molecule has 0 atom stereocenters. The van der Waals surface area contributed by atoms with Gasteiger partial charge in [-0.15, -0.1) is 13.2 Å². The van der Waals surface area contributed by atoms with E-state index < -0.39 is 12.1 Å². The number of rotatable bonds is 2. The van der Waals surface area contributed by atoms with Gasteiger partial charge in [-0.3, -0.25) is 0 Å². The van der Waals surface area contributed by atoms with Gasteiger partial charge < -0.3 is 16.2 Å². The van der Waals surface area contributed by atoms with Gasteiger partial charge in [-0.25, -0.2) is 4.98 Å². The van der Waals surface area contributed by atoms with Crippen molar-refractivity contribution in [3.63, 3.8) is 0 Å². The molecular weight excluding hydrogens is 211 g/mol. The van der Waals surface area contributed by atoms with E-state index in [1.54, 1.807) is 0 Å². The van der Waals surface area contributed by atoms with Crippen molar-refractivity contribution in [1.82, 2.24) is 4.98 Å². The van der Waals surface area contributed by atoms with Crippen molar-refractivity contribution in [2.75, 3.05) is 5.73 Å². The molecule has 4 nitrogen and oxygen atoms in total. The summed E-state index contributed by atoms with van der Waals surface area (Å²) < 4.78 is 39.8. The van der Waals surface area contributed by atoms with E-state index in [-0.39, 0.29) is 17.9 Å². The van der Waals surface area contributed by atoms with Crippen molar-refractivity contribution in [1.29, 1.82) is 0 Å². The van der Waals surface area contributed by atoms with Crippen LogP contribution in [0.4, 0.5) is 19.0 Å². The Morgan fingerprint density at radius 3 is 2.53 bits per heavy atom. The lowest BCUT2D eigenvalue weighted by Gasteiger charge is -2.14. The van der Waals surface area contributed by atoms with Gasteiger partial charge in [0, 0.05) is 18.3 Å². The second kappa shape index (κ2) is 3.93. The number of pyridine rings is 1. The molecule has 7 heteroatoms. The molecule has 84 valence electrons. The number of halogens is 3. The highest BCUT2D eigenvalue weighted by molar-refractivity contribution is 5.49. The molecule has 1 aromatic rings. The maximum absolute atomic E-state index is 12.0. The fraction of sp³-hybridized carbons (Fsp3) is 0.375. The van der Waals surface area contributed by atoms with Crippen LogP contribution in [0.1, 0.15) is 11.3 Å². The first-order valence-electron chi connectivity index (χ1n) is 4.05. The molecule has 0 bridgehead atoms. The molecular formula is C8H10F3N3O. The smallest absolute Gasteiger partial charge is 0.405 e. The molecule has 0 spiro atoms. The third-order valence-corrected chi connectivity index (χ3v) is 1.67. The number of aryl methyl sites for hydroxylation is 1. The second-order valence-corrected chi connectivity index (χ2v) is 2.88. The summed E-state index contributed by atoms with van der Waals surface area (Å²) in [7, 11) is 0. The standard InChI is InChI=1S/C8H10F3N3O/c1-4-2-6(15-8(9,10)11)5(3-12)7(13)14-4/h2H,3,12H2,1H3,(H2,13,14). The number of hydrogen-bond donors (Lipinski definition) is 2. The predicted octanol–water partition coefficient (Wildman–Crippen LogP) is 1.33. The van der Waals surface area contributed by atoms with Gasteiger partial charge in [-0.1, -0.05) is 0 Å². The van der Waals surface area contributed by atoms with Gasteiger partial charge in [0.2, 0.25) is 0 Å². The van der Waals surface area contributed by atoms with E-state index in [0.29, 0.717) is 5.69 Å². The number of nitrogens with zero attached hydrogens (tertiary/aromatic N) is 1. The van der Waals surface area contributed by atoms with Gasteiger partial charge in [0.15, 0.2) is 0 Å². The number of aromatic nitrogens is 1. The van der Waals surface area contributed by atoms with Crippen molar-refractivity contribution >= 4 is 5.82 Å². The average molecular weight is 221 g/mol. The zero-order chi connectivity index (χ0) is 11.6. The van der Waals surface area contributed by atoms with Crippen molar-refractivity contribution in [3.05, 3.63) is 17.3 Å². The van der Waals surface area contributed by atoms with Gasteiger partial charge in [0.1, 0.15) is 11.6 Å². The minimum Gasteiger partial charge on any atom is -0.405 e. The molecule has 1 rings (SSSR count). The van der Waals surface area contributed by atoms with Crippen LogP contribution in [-0.4, -0.2) is 11.3 Å². The predicted molar refractivity (Wildman–Crippen MR) is 48.0 cm³/mol. The number of hydrogen-bond acceptors (Lipinski definition) is 4. The van der Waals surface area contributed by atoms with E-state index in [0.717, 1.165) is 6.07 Å². The number of alkyl halides is 3. The van der Waals surface area contributed by atoms with E-state index in [4.69, 9.17) is 11.5 Å². The summed E-state index contributed by atoms with van der Waals surface area (Å²) in [5.41, 5.74) is 11.1. The molecule has 1 aromatic heterocycles. The maximum atomic E-state index is 12.0. The van der Waals surface area contributed by atoms with Crippen molar-refractivity contribution in [2.45, 2.75) is 19.8 Å². The van der Waals surface area contributed by atoms with Crippen LogP contribution in [-0.2, 0) is 6.54 Å². The zero-order valence-corrected chi connectivity index (χ0v) is 7.93. The number of nitrogens with two attached hydrogens (primary N) is 2. The Balaban J connectivity index is 3.15. The second-order valence-electron chi connectivity index (χ2n) is 2.88. The fourth-order valence-corrected chi connectivity index (χ4v) is 1.11. The van der Waals surface area contributed by atoms with E-state index in [2.05, 4.69) is 9.72 Å². The van der Waals surface area contributed by atoms with E-state index in [1.807, 2.05) is 0 Å². The molecule has 0 aliphatic heterocycles. The molecule has 0 aliphatic rings. The SMILES string of the molecule is Cc1cc(OC(F)(F)F)c(CN)c(N)n1. The van der Waals surface area contributed by atoms with Crippen molar-refractivity contribution in [2.24, 2.45) is 5.73 Å².